The first-order valence-electron chi connectivity index (χ1n) is 10.2. The van der Waals surface area contributed by atoms with Crippen LogP contribution < -0.4 is 5.32 Å². The summed E-state index contributed by atoms with van der Waals surface area (Å²) in [5.41, 5.74) is 2.50. The Morgan fingerprint density at radius 3 is 2.72 bits per heavy atom. The molecule has 0 saturated carbocycles. The van der Waals surface area contributed by atoms with Crippen molar-refractivity contribution < 1.29 is 4.79 Å². The number of nitrogens with one attached hydrogen (secondary N) is 1. The van der Waals surface area contributed by atoms with Gasteiger partial charge in [-0.3, -0.25) is 19.4 Å². The summed E-state index contributed by atoms with van der Waals surface area (Å²) >= 11 is 0. The Morgan fingerprint density at radius 1 is 1.10 bits per heavy atom. The number of nitrogens with zero attached hydrogens (tertiary/aromatic N) is 5. The van der Waals surface area contributed by atoms with Crippen molar-refractivity contribution in [3.05, 3.63) is 60.9 Å². The average Bonchev–Trinajstić information content (AvgIpc) is 3.24. The van der Waals surface area contributed by atoms with Gasteiger partial charge in [0.15, 0.2) is 0 Å². The molecule has 0 radical (unpaired) electrons. The van der Waals surface area contributed by atoms with Crippen molar-refractivity contribution in [1.82, 2.24) is 24.9 Å². The minimum atomic E-state index is 0.0556. The van der Waals surface area contributed by atoms with Gasteiger partial charge in [-0.1, -0.05) is 29.5 Å². The summed E-state index contributed by atoms with van der Waals surface area (Å²) in [7, 11) is 0. The highest BCUT2D eigenvalue weighted by molar-refractivity contribution is 5.93. The highest BCUT2D eigenvalue weighted by Gasteiger charge is 2.43. The topological polar surface area (TPSA) is 75.9 Å². The summed E-state index contributed by atoms with van der Waals surface area (Å²) in [5, 5.41) is 11.7. The number of hydrogen-bond acceptors (Lipinski definition) is 5. The van der Waals surface area contributed by atoms with E-state index in [-0.39, 0.29) is 11.8 Å². The summed E-state index contributed by atoms with van der Waals surface area (Å²) in [5.74, 6) is 0.620. The molecule has 2 aromatic heterocycles. The van der Waals surface area contributed by atoms with E-state index in [0.29, 0.717) is 12.0 Å². The molecule has 0 aliphatic carbocycles. The zero-order valence-corrected chi connectivity index (χ0v) is 16.2. The molecule has 3 aliphatic heterocycles. The minimum Gasteiger partial charge on any atom is -0.326 e. The van der Waals surface area contributed by atoms with Gasteiger partial charge in [0.2, 0.25) is 5.91 Å². The van der Waals surface area contributed by atoms with Crippen LogP contribution in [-0.4, -0.2) is 49.9 Å². The number of pyridine rings is 1. The lowest BCUT2D eigenvalue weighted by molar-refractivity contribution is -0.127. The highest BCUT2D eigenvalue weighted by Crippen LogP contribution is 2.37. The molecule has 3 aromatic rings. The molecule has 1 amide bonds. The minimum absolute atomic E-state index is 0.0556. The fraction of sp³-hybridized carbons (Fsp3) is 0.364. The molecular weight excluding hydrogens is 364 g/mol. The first kappa shape index (κ1) is 18.0. The van der Waals surface area contributed by atoms with Crippen LogP contribution in [-0.2, 0) is 11.3 Å². The fourth-order valence-electron chi connectivity index (χ4n) is 4.62. The number of amides is 1. The van der Waals surface area contributed by atoms with Gasteiger partial charge in [-0.2, -0.15) is 0 Å². The van der Waals surface area contributed by atoms with Crippen molar-refractivity contribution in [3.63, 3.8) is 0 Å². The van der Waals surface area contributed by atoms with Gasteiger partial charge in [0.1, 0.15) is 5.69 Å². The average molecular weight is 388 g/mol. The normalized spacial score (nSPS) is 25.7. The van der Waals surface area contributed by atoms with Crippen LogP contribution in [0.15, 0.2) is 60.9 Å². The Balaban J connectivity index is 1.23. The van der Waals surface area contributed by atoms with E-state index in [1.807, 2.05) is 59.4 Å². The van der Waals surface area contributed by atoms with E-state index in [9.17, 15) is 4.79 Å². The molecule has 4 atom stereocenters. The summed E-state index contributed by atoms with van der Waals surface area (Å²) in [4.78, 5) is 19.6. The second-order valence-electron chi connectivity index (χ2n) is 7.94. The van der Waals surface area contributed by atoms with E-state index < -0.39 is 0 Å². The summed E-state index contributed by atoms with van der Waals surface area (Å²) < 4.78 is 1.91. The van der Waals surface area contributed by atoms with Crippen LogP contribution in [0.25, 0.3) is 11.4 Å². The molecule has 3 saturated heterocycles. The van der Waals surface area contributed by atoms with Gasteiger partial charge in [0.05, 0.1) is 24.4 Å². The molecule has 3 fully saturated rings. The maximum Gasteiger partial charge on any atom is 0.229 e. The summed E-state index contributed by atoms with van der Waals surface area (Å²) in [6.07, 6.45) is 5.83. The number of benzene rings is 1. The van der Waals surface area contributed by atoms with Crippen LogP contribution in [0.3, 0.4) is 0 Å². The van der Waals surface area contributed by atoms with Crippen molar-refractivity contribution in [3.8, 4) is 11.4 Å². The van der Waals surface area contributed by atoms with Crippen molar-refractivity contribution in [2.75, 3.05) is 18.4 Å². The number of piperidine rings is 3. The van der Waals surface area contributed by atoms with Gasteiger partial charge < -0.3 is 5.32 Å². The zero-order chi connectivity index (χ0) is 19.6. The quantitative estimate of drug-likeness (QED) is 0.727. The Labute approximate surface area is 169 Å². The molecule has 1 N–H and O–H groups in total. The van der Waals surface area contributed by atoms with Gasteiger partial charge >= 0.3 is 0 Å². The fourth-order valence-corrected chi connectivity index (χ4v) is 4.62. The van der Waals surface area contributed by atoms with Crippen LogP contribution in [0.2, 0.25) is 0 Å². The molecular formula is C22H24N6O. The molecule has 1 aromatic carbocycles. The van der Waals surface area contributed by atoms with Gasteiger partial charge in [0, 0.05) is 24.5 Å². The SMILES string of the molecule is O=C(Nc1ccccc1)[C@H]1CN2CC[C@@H]1C[C@@H]2Cn1cc(-c2ccccn2)nn1. The van der Waals surface area contributed by atoms with Crippen LogP contribution >= 0.6 is 0 Å². The molecule has 2 bridgehead atoms. The lowest BCUT2D eigenvalue weighted by atomic mass is 9.75. The zero-order valence-electron chi connectivity index (χ0n) is 16.2. The number of fused-ring (bicyclic) bond motifs is 3. The predicted octanol–water partition coefficient (Wildman–Crippen LogP) is 2.69. The van der Waals surface area contributed by atoms with Crippen LogP contribution in [0.1, 0.15) is 12.8 Å². The molecule has 7 nitrogen and oxygen atoms in total. The first-order chi connectivity index (χ1) is 14.3. The smallest absolute Gasteiger partial charge is 0.229 e. The van der Waals surface area contributed by atoms with Crippen molar-refractivity contribution in [2.24, 2.45) is 11.8 Å². The number of rotatable bonds is 5. The third-order valence-corrected chi connectivity index (χ3v) is 6.12. The molecule has 7 heteroatoms. The highest BCUT2D eigenvalue weighted by atomic mass is 16.2. The third-order valence-electron chi connectivity index (χ3n) is 6.12. The third kappa shape index (κ3) is 3.78. The van der Waals surface area contributed by atoms with Gasteiger partial charge in [0.25, 0.3) is 0 Å². The Hall–Kier alpha value is -3.06. The van der Waals surface area contributed by atoms with Gasteiger partial charge in [-0.25, -0.2) is 0 Å². The molecule has 0 spiro atoms. The van der Waals surface area contributed by atoms with Gasteiger partial charge in [-0.05, 0) is 49.6 Å². The molecule has 148 valence electrons. The monoisotopic (exact) mass is 388 g/mol. The maximum atomic E-state index is 12.8. The molecule has 29 heavy (non-hydrogen) atoms. The Bertz CT molecular complexity index is 973. The van der Waals surface area contributed by atoms with Crippen molar-refractivity contribution >= 4 is 11.6 Å². The predicted molar refractivity (Wildman–Crippen MR) is 110 cm³/mol. The Morgan fingerprint density at radius 2 is 1.97 bits per heavy atom. The number of anilines is 1. The van der Waals surface area contributed by atoms with Crippen LogP contribution in [0.5, 0.6) is 0 Å². The van der Waals surface area contributed by atoms with E-state index in [1.54, 1.807) is 6.20 Å². The van der Waals surface area contributed by atoms with Crippen LogP contribution in [0.4, 0.5) is 5.69 Å². The maximum absolute atomic E-state index is 12.8. The summed E-state index contributed by atoms with van der Waals surface area (Å²) in [6.45, 7) is 2.66. The van der Waals surface area contributed by atoms with E-state index in [1.165, 1.54) is 0 Å². The summed E-state index contributed by atoms with van der Waals surface area (Å²) in [6, 6.07) is 15.9. The number of carbonyl (C=O) groups is 1. The largest absolute Gasteiger partial charge is 0.326 e. The van der Waals surface area contributed by atoms with Crippen molar-refractivity contribution in [2.45, 2.75) is 25.4 Å². The molecule has 3 aliphatic rings. The lowest BCUT2D eigenvalue weighted by Crippen LogP contribution is -2.57. The molecule has 6 rings (SSSR count). The lowest BCUT2D eigenvalue weighted by Gasteiger charge is -2.49. The first-order valence-corrected chi connectivity index (χ1v) is 10.2. The number of carbonyl (C=O) groups excluding carboxylic acids is 1. The number of para-hydroxylation sites is 1. The Kier molecular flexibility index (Phi) is 4.81. The number of hydrogen-bond donors (Lipinski definition) is 1. The van der Waals surface area contributed by atoms with Crippen molar-refractivity contribution in [1.29, 1.82) is 0 Å². The van der Waals surface area contributed by atoms with E-state index in [0.717, 1.165) is 49.6 Å². The number of aromatic nitrogens is 4. The molecule has 1 unspecified atom stereocenters. The van der Waals surface area contributed by atoms with E-state index >= 15 is 0 Å². The van der Waals surface area contributed by atoms with Crippen LogP contribution in [0, 0.1) is 11.8 Å². The standard InChI is InChI=1S/C22H24N6O/c29-22(24-17-6-2-1-3-7-17)19-14-27-11-9-16(19)12-18(27)13-28-15-21(25-26-28)20-8-4-5-10-23-20/h1-8,10,15-16,18-19H,9,11-14H2,(H,24,29)/t16-,18-,19+/m1/s1. The van der Waals surface area contributed by atoms with E-state index in [4.69, 9.17) is 0 Å². The second-order valence-corrected chi connectivity index (χ2v) is 7.94. The van der Waals surface area contributed by atoms with E-state index in [2.05, 4.69) is 25.5 Å². The second kappa shape index (κ2) is 7.75. The van der Waals surface area contributed by atoms with Gasteiger partial charge in [-0.15, -0.1) is 5.10 Å². The molecule has 5 heterocycles.